The molecule has 1 aliphatic carbocycles. The summed E-state index contributed by atoms with van der Waals surface area (Å²) in [4.78, 5) is 4.39. The van der Waals surface area contributed by atoms with Gasteiger partial charge in [0, 0.05) is 12.7 Å². The smallest absolute Gasteiger partial charge is 0.168 e. The number of nitrogens with one attached hydrogen (secondary N) is 1. The summed E-state index contributed by atoms with van der Waals surface area (Å²) in [5, 5.41) is 3.44. The summed E-state index contributed by atoms with van der Waals surface area (Å²) in [6.45, 7) is 6.24. The van der Waals surface area contributed by atoms with Gasteiger partial charge in [-0.2, -0.15) is 0 Å². The van der Waals surface area contributed by atoms with Crippen LogP contribution >= 0.6 is 0 Å². The Balaban J connectivity index is 1.76. The third kappa shape index (κ3) is 4.69. The largest absolute Gasteiger partial charge is 0.490 e. The van der Waals surface area contributed by atoms with E-state index in [2.05, 4.69) is 24.1 Å². The molecule has 1 fully saturated rings. The van der Waals surface area contributed by atoms with Gasteiger partial charge in [-0.15, -0.1) is 0 Å². The zero-order valence-electron chi connectivity index (χ0n) is 12.9. The minimum atomic E-state index is 0.751. The first kappa shape index (κ1) is 15.1. The fourth-order valence-electron chi connectivity index (χ4n) is 2.86. The highest BCUT2D eigenvalue weighted by Crippen LogP contribution is 2.30. The number of ether oxygens (including phenoxy) is 1. The molecule has 0 atom stereocenters. The van der Waals surface area contributed by atoms with Crippen molar-refractivity contribution in [3.05, 3.63) is 18.3 Å². The molecule has 0 aromatic carbocycles. The Labute approximate surface area is 123 Å². The summed E-state index contributed by atoms with van der Waals surface area (Å²) in [6, 6.07) is 3.92. The van der Waals surface area contributed by atoms with E-state index in [0.717, 1.165) is 43.0 Å². The molecule has 1 saturated carbocycles. The van der Waals surface area contributed by atoms with Crippen LogP contribution in [0.25, 0.3) is 0 Å². The van der Waals surface area contributed by atoms with Gasteiger partial charge < -0.3 is 10.1 Å². The topological polar surface area (TPSA) is 34.1 Å². The van der Waals surface area contributed by atoms with Gasteiger partial charge in [0.1, 0.15) is 0 Å². The number of nitrogens with zero attached hydrogens (tertiary/aromatic N) is 1. The van der Waals surface area contributed by atoms with Crippen molar-refractivity contribution in [1.29, 1.82) is 0 Å². The third-order valence-electron chi connectivity index (χ3n) is 4.21. The van der Waals surface area contributed by atoms with Gasteiger partial charge in [-0.3, -0.25) is 0 Å². The lowest BCUT2D eigenvalue weighted by Crippen LogP contribution is -2.16. The normalized spacial score (nSPS) is 22.5. The molecule has 1 heterocycles. The Morgan fingerprint density at radius 3 is 2.85 bits per heavy atom. The van der Waals surface area contributed by atoms with Crippen molar-refractivity contribution in [1.82, 2.24) is 4.98 Å². The van der Waals surface area contributed by atoms with E-state index in [-0.39, 0.29) is 0 Å². The molecule has 3 heteroatoms. The molecule has 0 unspecified atom stereocenters. The van der Waals surface area contributed by atoms with Crippen molar-refractivity contribution in [3.63, 3.8) is 0 Å². The summed E-state index contributed by atoms with van der Waals surface area (Å²) in [5.74, 6) is 3.60. The van der Waals surface area contributed by atoms with Gasteiger partial charge in [0.15, 0.2) is 11.6 Å². The molecule has 1 aromatic heterocycles. The number of hydrogen-bond donors (Lipinski definition) is 1. The Kier molecular flexibility index (Phi) is 6.16. The molecule has 20 heavy (non-hydrogen) atoms. The van der Waals surface area contributed by atoms with Gasteiger partial charge >= 0.3 is 0 Å². The summed E-state index contributed by atoms with van der Waals surface area (Å²) >= 11 is 0. The zero-order chi connectivity index (χ0) is 14.2. The molecule has 3 nitrogen and oxygen atoms in total. The minimum absolute atomic E-state index is 0.751. The maximum Gasteiger partial charge on any atom is 0.168 e. The minimum Gasteiger partial charge on any atom is -0.490 e. The lowest BCUT2D eigenvalue weighted by Gasteiger charge is -2.26. The second-order valence-corrected chi connectivity index (χ2v) is 6.04. The van der Waals surface area contributed by atoms with Crippen LogP contribution in [-0.2, 0) is 0 Å². The average Bonchev–Trinajstić information content (AvgIpc) is 2.48. The number of hydrogen-bond acceptors (Lipinski definition) is 3. The van der Waals surface area contributed by atoms with Crippen molar-refractivity contribution in [3.8, 4) is 5.75 Å². The van der Waals surface area contributed by atoms with Crippen molar-refractivity contribution in [2.24, 2.45) is 11.8 Å². The highest BCUT2D eigenvalue weighted by Gasteiger charge is 2.17. The highest BCUT2D eigenvalue weighted by atomic mass is 16.5. The van der Waals surface area contributed by atoms with Gasteiger partial charge in [0.25, 0.3) is 0 Å². The van der Waals surface area contributed by atoms with Crippen LogP contribution in [0, 0.1) is 11.8 Å². The van der Waals surface area contributed by atoms with E-state index in [9.17, 15) is 0 Å². The van der Waals surface area contributed by atoms with Crippen molar-refractivity contribution in [2.75, 3.05) is 18.5 Å². The lowest BCUT2D eigenvalue weighted by atomic mass is 9.81. The van der Waals surface area contributed by atoms with Gasteiger partial charge in [-0.25, -0.2) is 4.98 Å². The first-order valence-corrected chi connectivity index (χ1v) is 8.11. The molecule has 112 valence electrons. The predicted octanol–water partition coefficient (Wildman–Crippen LogP) is 4.50. The van der Waals surface area contributed by atoms with Crippen LogP contribution in [0.3, 0.4) is 0 Å². The molecular weight excluding hydrogens is 248 g/mol. The van der Waals surface area contributed by atoms with Crippen LogP contribution in [0.1, 0.15) is 52.4 Å². The highest BCUT2D eigenvalue weighted by molar-refractivity contribution is 5.49. The summed E-state index contributed by atoms with van der Waals surface area (Å²) in [6.07, 6.45) is 9.68. The van der Waals surface area contributed by atoms with Crippen LogP contribution in [-0.4, -0.2) is 18.1 Å². The Hall–Kier alpha value is -1.25. The van der Waals surface area contributed by atoms with Gasteiger partial charge in [0.05, 0.1) is 6.61 Å². The first-order valence-electron chi connectivity index (χ1n) is 8.11. The van der Waals surface area contributed by atoms with Gasteiger partial charge in [-0.1, -0.05) is 39.5 Å². The Bertz CT molecular complexity index is 386. The molecule has 0 aliphatic heterocycles. The molecule has 2 rings (SSSR count). The van der Waals surface area contributed by atoms with Crippen molar-refractivity contribution >= 4 is 5.82 Å². The fourth-order valence-corrected chi connectivity index (χ4v) is 2.86. The standard InChI is InChI=1S/C17H28N2O/c1-3-13-20-16-5-4-11-18-17(16)19-12-10-15-8-6-14(2)7-9-15/h4-5,11,14-15H,3,6-10,12-13H2,1-2H3,(H,18,19). The van der Waals surface area contributed by atoms with E-state index >= 15 is 0 Å². The van der Waals surface area contributed by atoms with Gasteiger partial charge in [-0.05, 0) is 36.8 Å². The van der Waals surface area contributed by atoms with Crippen LogP contribution in [0.2, 0.25) is 0 Å². The Morgan fingerprint density at radius 2 is 2.10 bits per heavy atom. The molecule has 0 amide bonds. The maximum atomic E-state index is 5.72. The zero-order valence-corrected chi connectivity index (χ0v) is 12.9. The van der Waals surface area contributed by atoms with E-state index in [1.54, 1.807) is 0 Å². The molecule has 0 spiro atoms. The second-order valence-electron chi connectivity index (χ2n) is 6.04. The molecule has 0 radical (unpaired) electrons. The first-order chi connectivity index (χ1) is 9.79. The number of aromatic nitrogens is 1. The fraction of sp³-hybridized carbons (Fsp3) is 0.706. The molecule has 0 bridgehead atoms. The van der Waals surface area contributed by atoms with Crippen LogP contribution in [0.5, 0.6) is 5.75 Å². The van der Waals surface area contributed by atoms with E-state index in [1.165, 1.54) is 32.1 Å². The number of anilines is 1. The molecular formula is C17H28N2O. The van der Waals surface area contributed by atoms with E-state index in [1.807, 2.05) is 18.3 Å². The summed E-state index contributed by atoms with van der Waals surface area (Å²) in [5.41, 5.74) is 0. The average molecular weight is 276 g/mol. The third-order valence-corrected chi connectivity index (χ3v) is 4.21. The van der Waals surface area contributed by atoms with Crippen LogP contribution < -0.4 is 10.1 Å². The number of rotatable bonds is 7. The predicted molar refractivity (Wildman–Crippen MR) is 84.3 cm³/mol. The molecule has 1 aromatic rings. The van der Waals surface area contributed by atoms with Gasteiger partial charge in [0.2, 0.25) is 0 Å². The van der Waals surface area contributed by atoms with Crippen molar-refractivity contribution in [2.45, 2.75) is 52.4 Å². The maximum absolute atomic E-state index is 5.72. The Morgan fingerprint density at radius 1 is 1.30 bits per heavy atom. The SMILES string of the molecule is CCCOc1cccnc1NCCC1CCC(C)CC1. The summed E-state index contributed by atoms with van der Waals surface area (Å²) < 4.78 is 5.72. The second kappa shape index (κ2) is 8.13. The molecule has 1 aliphatic rings. The molecule has 1 N–H and O–H groups in total. The van der Waals surface area contributed by atoms with E-state index in [4.69, 9.17) is 4.74 Å². The van der Waals surface area contributed by atoms with Crippen LogP contribution in [0.4, 0.5) is 5.82 Å². The van der Waals surface area contributed by atoms with Crippen molar-refractivity contribution < 1.29 is 4.74 Å². The van der Waals surface area contributed by atoms with Crippen LogP contribution in [0.15, 0.2) is 18.3 Å². The quantitative estimate of drug-likeness (QED) is 0.796. The van der Waals surface area contributed by atoms with E-state index in [0.29, 0.717) is 0 Å². The summed E-state index contributed by atoms with van der Waals surface area (Å²) in [7, 11) is 0. The number of pyridine rings is 1. The molecule has 0 saturated heterocycles. The lowest BCUT2D eigenvalue weighted by molar-refractivity contribution is 0.281. The monoisotopic (exact) mass is 276 g/mol. The van der Waals surface area contributed by atoms with E-state index < -0.39 is 0 Å².